The van der Waals surface area contributed by atoms with Crippen molar-refractivity contribution in [3.8, 4) is 16.3 Å². The first-order chi connectivity index (χ1) is 9.90. The summed E-state index contributed by atoms with van der Waals surface area (Å²) in [5.41, 5.74) is 3.15. The van der Waals surface area contributed by atoms with E-state index in [-0.39, 0.29) is 0 Å². The second-order valence-electron chi connectivity index (χ2n) is 4.50. The van der Waals surface area contributed by atoms with Crippen molar-refractivity contribution in [2.45, 2.75) is 0 Å². The highest BCUT2D eigenvalue weighted by Crippen LogP contribution is 2.29. The molecule has 0 aliphatic heterocycles. The van der Waals surface area contributed by atoms with Crippen LogP contribution in [-0.4, -0.2) is 14.8 Å². The molecule has 0 fully saturated rings. The van der Waals surface area contributed by atoms with Crippen LogP contribution < -0.4 is 0 Å². The van der Waals surface area contributed by atoms with Crippen LogP contribution in [0.1, 0.15) is 0 Å². The lowest BCUT2D eigenvalue weighted by Gasteiger charge is -1.98. The lowest BCUT2D eigenvalue weighted by atomic mass is 10.3. The maximum atomic E-state index is 4.66. The molecule has 20 heavy (non-hydrogen) atoms. The highest BCUT2D eigenvalue weighted by molar-refractivity contribution is 7.21. The molecule has 4 heteroatoms. The number of benzene rings is 2. The van der Waals surface area contributed by atoms with E-state index in [2.05, 4.69) is 16.1 Å². The Kier molecular flexibility index (Phi) is 2.60. The quantitative estimate of drug-likeness (QED) is 0.551. The molecular formula is C16H11N3S. The third kappa shape index (κ3) is 1.90. The zero-order valence-corrected chi connectivity index (χ0v) is 11.4. The highest BCUT2D eigenvalue weighted by atomic mass is 32.1. The molecule has 0 N–H and O–H groups in total. The van der Waals surface area contributed by atoms with Gasteiger partial charge < -0.3 is 0 Å². The second-order valence-corrected chi connectivity index (χ2v) is 5.53. The van der Waals surface area contributed by atoms with Gasteiger partial charge in [0.15, 0.2) is 0 Å². The number of para-hydroxylation sites is 2. The Hall–Kier alpha value is -2.46. The van der Waals surface area contributed by atoms with Crippen molar-refractivity contribution in [2.24, 2.45) is 0 Å². The lowest BCUT2D eigenvalue weighted by molar-refractivity contribution is 0.881. The molecule has 0 spiro atoms. The fraction of sp³-hybridized carbons (Fsp3) is 0. The minimum absolute atomic E-state index is 1.01. The second kappa shape index (κ2) is 4.58. The van der Waals surface area contributed by atoms with E-state index < -0.39 is 0 Å². The first-order valence-corrected chi connectivity index (χ1v) is 7.18. The van der Waals surface area contributed by atoms with Gasteiger partial charge in [0.05, 0.1) is 22.1 Å². The summed E-state index contributed by atoms with van der Waals surface area (Å²) in [5, 5.41) is 5.42. The number of hydrogen-bond donors (Lipinski definition) is 0. The normalized spacial score (nSPS) is 11.0. The fourth-order valence-corrected chi connectivity index (χ4v) is 3.09. The predicted molar refractivity (Wildman–Crippen MR) is 82.2 cm³/mol. The average Bonchev–Trinajstić information content (AvgIpc) is 3.14. The van der Waals surface area contributed by atoms with E-state index in [4.69, 9.17) is 0 Å². The molecule has 0 saturated carbocycles. The van der Waals surface area contributed by atoms with Crippen LogP contribution in [-0.2, 0) is 0 Å². The molecule has 4 aromatic rings. The molecule has 0 amide bonds. The third-order valence-electron chi connectivity index (χ3n) is 3.14. The molecule has 2 heterocycles. The van der Waals surface area contributed by atoms with Gasteiger partial charge in [-0.25, -0.2) is 9.67 Å². The fourth-order valence-electron chi connectivity index (χ4n) is 2.15. The Bertz CT molecular complexity index is 828. The summed E-state index contributed by atoms with van der Waals surface area (Å²) in [5.74, 6) is 0. The summed E-state index contributed by atoms with van der Waals surface area (Å²) in [4.78, 5) is 4.66. The maximum absolute atomic E-state index is 4.66. The van der Waals surface area contributed by atoms with E-state index in [0.717, 1.165) is 21.8 Å². The van der Waals surface area contributed by atoms with Crippen molar-refractivity contribution in [3.63, 3.8) is 0 Å². The Morgan fingerprint density at radius 3 is 2.55 bits per heavy atom. The predicted octanol–water partition coefficient (Wildman–Crippen LogP) is 4.15. The van der Waals surface area contributed by atoms with E-state index in [0.29, 0.717) is 0 Å². The van der Waals surface area contributed by atoms with E-state index >= 15 is 0 Å². The van der Waals surface area contributed by atoms with Crippen LogP contribution >= 0.6 is 11.3 Å². The molecule has 0 unspecified atom stereocenters. The Balaban J connectivity index is 1.78. The van der Waals surface area contributed by atoms with Gasteiger partial charge in [0.2, 0.25) is 0 Å². The van der Waals surface area contributed by atoms with Gasteiger partial charge in [-0.3, -0.25) is 0 Å². The zero-order chi connectivity index (χ0) is 13.4. The third-order valence-corrected chi connectivity index (χ3v) is 4.23. The van der Waals surface area contributed by atoms with E-state index in [1.807, 2.05) is 65.6 Å². The van der Waals surface area contributed by atoms with E-state index in [1.54, 1.807) is 11.3 Å². The molecule has 4 rings (SSSR count). The van der Waals surface area contributed by atoms with Crippen LogP contribution in [0.2, 0.25) is 0 Å². The summed E-state index contributed by atoms with van der Waals surface area (Å²) in [7, 11) is 0. The molecule has 3 nitrogen and oxygen atoms in total. The zero-order valence-electron chi connectivity index (χ0n) is 10.6. The summed E-state index contributed by atoms with van der Waals surface area (Å²) in [6.07, 6.45) is 3.89. The van der Waals surface area contributed by atoms with Gasteiger partial charge in [0, 0.05) is 11.8 Å². The average molecular weight is 277 g/mol. The molecule has 2 aromatic carbocycles. The van der Waals surface area contributed by atoms with Crippen LogP contribution in [0.15, 0.2) is 67.0 Å². The molecule has 0 radical (unpaired) electrons. The van der Waals surface area contributed by atoms with Crippen molar-refractivity contribution in [3.05, 3.63) is 67.0 Å². The number of fused-ring (bicyclic) bond motifs is 1. The number of hydrogen-bond acceptors (Lipinski definition) is 3. The Labute approximate surface area is 120 Å². The number of nitrogens with zero attached hydrogens (tertiary/aromatic N) is 3. The molecule has 0 bridgehead atoms. The molecule has 0 aliphatic rings. The maximum Gasteiger partial charge on any atom is 0.127 e. The van der Waals surface area contributed by atoms with Crippen LogP contribution in [0.25, 0.3) is 26.5 Å². The SMILES string of the molecule is c1ccc(-n2cc(-c3nc4ccccc4s3)cn2)cc1. The van der Waals surface area contributed by atoms with Crippen molar-refractivity contribution in [2.75, 3.05) is 0 Å². The Morgan fingerprint density at radius 2 is 1.70 bits per heavy atom. The summed E-state index contributed by atoms with van der Waals surface area (Å²) in [6, 6.07) is 18.3. The topological polar surface area (TPSA) is 30.7 Å². The standard InChI is InChI=1S/C16H11N3S/c1-2-6-13(7-3-1)19-11-12(10-17-19)16-18-14-8-4-5-9-15(14)20-16/h1-11H. The summed E-state index contributed by atoms with van der Waals surface area (Å²) < 4.78 is 3.08. The van der Waals surface area contributed by atoms with Crippen molar-refractivity contribution < 1.29 is 0 Å². The van der Waals surface area contributed by atoms with Crippen LogP contribution in [0, 0.1) is 0 Å². The number of rotatable bonds is 2. The lowest BCUT2D eigenvalue weighted by Crippen LogP contribution is -1.92. The van der Waals surface area contributed by atoms with Gasteiger partial charge in [0.25, 0.3) is 0 Å². The largest absolute Gasteiger partial charge is 0.240 e. The van der Waals surface area contributed by atoms with Gasteiger partial charge in [0.1, 0.15) is 5.01 Å². The first-order valence-electron chi connectivity index (χ1n) is 6.36. The van der Waals surface area contributed by atoms with Crippen molar-refractivity contribution in [1.82, 2.24) is 14.8 Å². The minimum Gasteiger partial charge on any atom is -0.240 e. The number of aromatic nitrogens is 3. The molecular weight excluding hydrogens is 266 g/mol. The summed E-state index contributed by atoms with van der Waals surface area (Å²) in [6.45, 7) is 0. The minimum atomic E-state index is 1.01. The van der Waals surface area contributed by atoms with Crippen LogP contribution in [0.4, 0.5) is 0 Å². The Morgan fingerprint density at radius 1 is 0.900 bits per heavy atom. The highest BCUT2D eigenvalue weighted by Gasteiger charge is 2.08. The molecule has 0 atom stereocenters. The van der Waals surface area contributed by atoms with Crippen LogP contribution in [0.3, 0.4) is 0 Å². The van der Waals surface area contributed by atoms with Gasteiger partial charge in [-0.15, -0.1) is 11.3 Å². The van der Waals surface area contributed by atoms with E-state index in [1.165, 1.54) is 4.70 Å². The first kappa shape index (κ1) is 11.4. The van der Waals surface area contributed by atoms with Gasteiger partial charge >= 0.3 is 0 Å². The van der Waals surface area contributed by atoms with Gasteiger partial charge in [-0.2, -0.15) is 5.10 Å². The molecule has 96 valence electrons. The summed E-state index contributed by atoms with van der Waals surface area (Å²) >= 11 is 1.69. The van der Waals surface area contributed by atoms with Crippen LogP contribution in [0.5, 0.6) is 0 Å². The van der Waals surface area contributed by atoms with Gasteiger partial charge in [-0.1, -0.05) is 30.3 Å². The smallest absolute Gasteiger partial charge is 0.127 e. The van der Waals surface area contributed by atoms with Gasteiger partial charge in [-0.05, 0) is 24.3 Å². The van der Waals surface area contributed by atoms with E-state index in [9.17, 15) is 0 Å². The molecule has 2 aromatic heterocycles. The monoisotopic (exact) mass is 277 g/mol. The molecule has 0 aliphatic carbocycles. The van der Waals surface area contributed by atoms with Crippen molar-refractivity contribution in [1.29, 1.82) is 0 Å². The number of thiazole rings is 1. The van der Waals surface area contributed by atoms with Crippen molar-refractivity contribution >= 4 is 21.6 Å². The molecule has 0 saturated heterocycles.